The average Bonchev–Trinajstić information content (AvgIpc) is 2.05. The molecule has 0 aromatic carbocycles. The van der Waals surface area contributed by atoms with Crippen LogP contribution in [0.5, 0.6) is 0 Å². The summed E-state index contributed by atoms with van der Waals surface area (Å²) < 4.78 is 8.86. The number of esters is 1. The summed E-state index contributed by atoms with van der Waals surface area (Å²) in [6, 6.07) is 0. The van der Waals surface area contributed by atoms with Crippen molar-refractivity contribution in [3.63, 3.8) is 0 Å². The van der Waals surface area contributed by atoms with Crippen molar-refractivity contribution in [2.45, 2.75) is 6.10 Å². The van der Waals surface area contributed by atoms with Gasteiger partial charge in [0.25, 0.3) is 0 Å². The van der Waals surface area contributed by atoms with E-state index in [4.69, 9.17) is 5.11 Å². The summed E-state index contributed by atoms with van der Waals surface area (Å²) in [7, 11) is 1.18. The fraction of sp³-hybridized carbons (Fsp3) is 0.667. The maximum atomic E-state index is 10.6. The highest BCUT2D eigenvalue weighted by Crippen LogP contribution is 1.92. The van der Waals surface area contributed by atoms with Crippen LogP contribution in [0.1, 0.15) is 0 Å². The van der Waals surface area contributed by atoms with Crippen molar-refractivity contribution in [1.29, 1.82) is 0 Å². The van der Waals surface area contributed by atoms with E-state index in [2.05, 4.69) is 9.47 Å². The lowest BCUT2D eigenvalue weighted by atomic mass is 10.4. The molecule has 0 amide bonds. The van der Waals surface area contributed by atoms with Crippen LogP contribution in [-0.2, 0) is 19.1 Å². The Morgan fingerprint density at radius 2 is 2.36 bits per heavy atom. The zero-order chi connectivity index (χ0) is 8.69. The third-order valence-electron chi connectivity index (χ3n) is 0.995. The van der Waals surface area contributed by atoms with Crippen molar-refractivity contribution in [2.75, 3.05) is 20.3 Å². The van der Waals surface area contributed by atoms with Crippen LogP contribution < -0.4 is 0 Å². The summed E-state index contributed by atoms with van der Waals surface area (Å²) >= 11 is 0. The molecule has 0 radical (unpaired) electrons. The van der Waals surface area contributed by atoms with Crippen molar-refractivity contribution >= 4 is 12.3 Å². The van der Waals surface area contributed by atoms with Gasteiger partial charge in [-0.2, -0.15) is 0 Å². The van der Waals surface area contributed by atoms with Gasteiger partial charge in [-0.05, 0) is 0 Å². The van der Waals surface area contributed by atoms with E-state index in [0.29, 0.717) is 6.29 Å². The normalized spacial score (nSPS) is 12.2. The van der Waals surface area contributed by atoms with Gasteiger partial charge < -0.3 is 19.4 Å². The molecule has 0 rings (SSSR count). The number of aldehydes is 1. The molecule has 0 aliphatic carbocycles. The summed E-state index contributed by atoms with van der Waals surface area (Å²) in [4.78, 5) is 20.4. The van der Waals surface area contributed by atoms with Gasteiger partial charge in [0, 0.05) is 0 Å². The largest absolute Gasteiger partial charge is 0.467 e. The summed E-state index contributed by atoms with van der Waals surface area (Å²) in [5, 5.41) is 8.51. The molecule has 1 atom stereocenters. The highest BCUT2D eigenvalue weighted by atomic mass is 16.6. The van der Waals surface area contributed by atoms with Gasteiger partial charge in [0.1, 0.15) is 12.9 Å². The van der Waals surface area contributed by atoms with Crippen molar-refractivity contribution in [3.05, 3.63) is 0 Å². The van der Waals surface area contributed by atoms with Crippen LogP contribution in [-0.4, -0.2) is 43.8 Å². The standard InChI is InChI=1S/C6H10O5/c1-10-6(9)5(4-8)11-3-2-7/h2,5,8H,3-4H2,1H3/t5-/m1/s1. The van der Waals surface area contributed by atoms with Crippen LogP contribution >= 0.6 is 0 Å². The second-order valence-electron chi connectivity index (χ2n) is 1.69. The fourth-order valence-corrected chi connectivity index (χ4v) is 0.482. The fourth-order valence-electron chi connectivity index (χ4n) is 0.482. The Hall–Kier alpha value is -0.940. The lowest BCUT2D eigenvalue weighted by Crippen LogP contribution is -2.29. The molecule has 11 heavy (non-hydrogen) atoms. The summed E-state index contributed by atoms with van der Waals surface area (Å²) in [6.07, 6.45) is -0.559. The van der Waals surface area contributed by atoms with Gasteiger partial charge in [-0.15, -0.1) is 0 Å². The number of rotatable bonds is 5. The molecule has 0 saturated heterocycles. The van der Waals surface area contributed by atoms with E-state index in [0.717, 1.165) is 0 Å². The van der Waals surface area contributed by atoms with E-state index in [-0.39, 0.29) is 6.61 Å². The van der Waals surface area contributed by atoms with Gasteiger partial charge in [0.05, 0.1) is 13.7 Å². The van der Waals surface area contributed by atoms with Gasteiger partial charge in [0.2, 0.25) is 0 Å². The lowest BCUT2D eigenvalue weighted by Gasteiger charge is -2.09. The topological polar surface area (TPSA) is 72.8 Å². The Balaban J connectivity index is 3.74. The lowest BCUT2D eigenvalue weighted by molar-refractivity contribution is -0.156. The number of hydrogen-bond acceptors (Lipinski definition) is 5. The minimum atomic E-state index is -1.05. The Bertz CT molecular complexity index is 133. The number of ether oxygens (including phenoxy) is 2. The summed E-state index contributed by atoms with van der Waals surface area (Å²) in [5.41, 5.74) is 0. The van der Waals surface area contributed by atoms with E-state index in [1.807, 2.05) is 0 Å². The van der Waals surface area contributed by atoms with Crippen LogP contribution in [0.25, 0.3) is 0 Å². The quantitative estimate of drug-likeness (QED) is 0.403. The van der Waals surface area contributed by atoms with Crippen LogP contribution in [0, 0.1) is 0 Å². The minimum absolute atomic E-state index is 0.222. The molecule has 0 spiro atoms. The van der Waals surface area contributed by atoms with Crippen molar-refractivity contribution in [1.82, 2.24) is 0 Å². The third-order valence-corrected chi connectivity index (χ3v) is 0.995. The first-order valence-corrected chi connectivity index (χ1v) is 3.00. The first-order valence-electron chi connectivity index (χ1n) is 3.00. The Morgan fingerprint density at radius 3 is 2.73 bits per heavy atom. The molecule has 5 heteroatoms. The number of aliphatic hydroxyl groups excluding tert-OH is 1. The number of aliphatic hydroxyl groups is 1. The van der Waals surface area contributed by atoms with Gasteiger partial charge in [0.15, 0.2) is 6.10 Å². The molecule has 0 aliphatic rings. The number of carbonyl (C=O) groups is 2. The maximum Gasteiger partial charge on any atom is 0.337 e. The van der Waals surface area contributed by atoms with Gasteiger partial charge in [-0.25, -0.2) is 4.79 Å². The molecule has 64 valence electrons. The number of methoxy groups -OCH3 is 1. The minimum Gasteiger partial charge on any atom is -0.467 e. The first kappa shape index (κ1) is 10.1. The first-order chi connectivity index (χ1) is 5.26. The zero-order valence-electron chi connectivity index (χ0n) is 6.15. The molecule has 5 nitrogen and oxygen atoms in total. The average molecular weight is 162 g/mol. The van der Waals surface area contributed by atoms with Crippen LogP contribution in [0.2, 0.25) is 0 Å². The molecule has 0 saturated carbocycles. The molecular weight excluding hydrogens is 152 g/mol. The van der Waals surface area contributed by atoms with Crippen molar-refractivity contribution in [3.8, 4) is 0 Å². The summed E-state index contributed by atoms with van der Waals surface area (Å²) in [5.74, 6) is -0.686. The molecule has 0 aliphatic heterocycles. The van der Waals surface area contributed by atoms with Crippen molar-refractivity contribution < 1.29 is 24.2 Å². The molecular formula is C6H10O5. The van der Waals surface area contributed by atoms with Gasteiger partial charge in [-0.3, -0.25) is 0 Å². The maximum absolute atomic E-state index is 10.6. The summed E-state index contributed by atoms with van der Waals surface area (Å²) in [6.45, 7) is -0.707. The second kappa shape index (κ2) is 5.82. The van der Waals surface area contributed by atoms with Gasteiger partial charge >= 0.3 is 5.97 Å². The van der Waals surface area contributed by atoms with E-state index >= 15 is 0 Å². The van der Waals surface area contributed by atoms with E-state index in [9.17, 15) is 9.59 Å². The van der Waals surface area contributed by atoms with E-state index in [1.165, 1.54) is 7.11 Å². The highest BCUT2D eigenvalue weighted by molar-refractivity contribution is 5.74. The number of hydrogen-bond donors (Lipinski definition) is 1. The predicted octanol–water partition coefficient (Wildman–Crippen LogP) is -1.26. The number of carbonyl (C=O) groups excluding carboxylic acids is 2. The molecule has 0 aromatic rings. The van der Waals surface area contributed by atoms with Crippen molar-refractivity contribution in [2.24, 2.45) is 0 Å². The molecule has 0 heterocycles. The molecule has 0 fully saturated rings. The van der Waals surface area contributed by atoms with Crippen LogP contribution in [0.15, 0.2) is 0 Å². The van der Waals surface area contributed by atoms with Gasteiger partial charge in [-0.1, -0.05) is 0 Å². The third kappa shape index (κ3) is 3.69. The zero-order valence-corrected chi connectivity index (χ0v) is 6.15. The second-order valence-corrected chi connectivity index (χ2v) is 1.69. The SMILES string of the molecule is COC(=O)[C@@H](CO)OCC=O. The highest BCUT2D eigenvalue weighted by Gasteiger charge is 2.17. The molecule has 0 bridgehead atoms. The van der Waals surface area contributed by atoms with Crippen LogP contribution in [0.4, 0.5) is 0 Å². The Kier molecular flexibility index (Phi) is 5.32. The Labute approximate surface area is 63.9 Å². The van der Waals surface area contributed by atoms with E-state index in [1.54, 1.807) is 0 Å². The molecule has 0 unspecified atom stereocenters. The van der Waals surface area contributed by atoms with Crippen LogP contribution in [0.3, 0.4) is 0 Å². The monoisotopic (exact) mass is 162 g/mol. The molecule has 0 aromatic heterocycles. The Morgan fingerprint density at radius 1 is 1.73 bits per heavy atom. The predicted molar refractivity (Wildman–Crippen MR) is 34.9 cm³/mol. The van der Waals surface area contributed by atoms with E-state index < -0.39 is 18.7 Å². The smallest absolute Gasteiger partial charge is 0.337 e. The molecule has 1 N–H and O–H groups in total.